The van der Waals surface area contributed by atoms with Gasteiger partial charge in [-0.05, 0) is 31.1 Å². The van der Waals surface area contributed by atoms with Crippen molar-refractivity contribution in [3.8, 4) is 0 Å². The summed E-state index contributed by atoms with van der Waals surface area (Å²) in [5, 5.41) is 11.8. The Morgan fingerprint density at radius 1 is 1.47 bits per heavy atom. The fourth-order valence-electron chi connectivity index (χ4n) is 2.32. The standard InChI is InChI=1S/C12H20N2O3/c15-7-5-12(3-4-12)9-13-10(16)8-14-6-1-2-11(14)17/h15H,1-9H2,(H,13,16). The number of amides is 2. The summed E-state index contributed by atoms with van der Waals surface area (Å²) in [7, 11) is 0. The van der Waals surface area contributed by atoms with Gasteiger partial charge in [0, 0.05) is 26.1 Å². The molecule has 96 valence electrons. The Hall–Kier alpha value is -1.10. The number of aliphatic hydroxyl groups excluding tert-OH is 1. The van der Waals surface area contributed by atoms with Crippen molar-refractivity contribution in [2.24, 2.45) is 5.41 Å². The summed E-state index contributed by atoms with van der Waals surface area (Å²) in [6, 6.07) is 0. The highest BCUT2D eigenvalue weighted by molar-refractivity contribution is 5.85. The maximum atomic E-state index is 11.7. The van der Waals surface area contributed by atoms with E-state index in [1.54, 1.807) is 4.90 Å². The third-order valence-electron chi connectivity index (χ3n) is 3.77. The van der Waals surface area contributed by atoms with Crippen molar-refractivity contribution in [2.75, 3.05) is 26.2 Å². The molecule has 0 aromatic rings. The first-order chi connectivity index (χ1) is 8.15. The van der Waals surface area contributed by atoms with E-state index in [4.69, 9.17) is 5.11 Å². The molecule has 0 spiro atoms. The van der Waals surface area contributed by atoms with Crippen molar-refractivity contribution in [3.63, 3.8) is 0 Å². The van der Waals surface area contributed by atoms with Crippen LogP contribution in [0.25, 0.3) is 0 Å². The Morgan fingerprint density at radius 2 is 2.24 bits per heavy atom. The topological polar surface area (TPSA) is 69.6 Å². The van der Waals surface area contributed by atoms with Crippen molar-refractivity contribution >= 4 is 11.8 Å². The van der Waals surface area contributed by atoms with E-state index >= 15 is 0 Å². The molecule has 2 N–H and O–H groups in total. The van der Waals surface area contributed by atoms with E-state index in [1.165, 1.54) is 0 Å². The highest BCUT2D eigenvalue weighted by atomic mass is 16.3. The maximum Gasteiger partial charge on any atom is 0.239 e. The number of likely N-dealkylation sites (tertiary alicyclic amines) is 1. The van der Waals surface area contributed by atoms with E-state index in [-0.39, 0.29) is 30.4 Å². The SMILES string of the molecule is O=C(CN1CCCC1=O)NCC1(CCO)CC1. The quantitative estimate of drug-likeness (QED) is 0.680. The summed E-state index contributed by atoms with van der Waals surface area (Å²) in [5.74, 6) is 0.00103. The van der Waals surface area contributed by atoms with Gasteiger partial charge in [0.05, 0.1) is 6.54 Å². The predicted molar refractivity (Wildman–Crippen MR) is 62.2 cm³/mol. The van der Waals surface area contributed by atoms with Crippen molar-refractivity contribution in [2.45, 2.75) is 32.1 Å². The zero-order valence-electron chi connectivity index (χ0n) is 10.1. The van der Waals surface area contributed by atoms with Gasteiger partial charge >= 0.3 is 0 Å². The summed E-state index contributed by atoms with van der Waals surface area (Å²) >= 11 is 0. The van der Waals surface area contributed by atoms with Gasteiger partial charge in [0.2, 0.25) is 11.8 Å². The highest BCUT2D eigenvalue weighted by Crippen LogP contribution is 2.47. The monoisotopic (exact) mass is 240 g/mol. The fourth-order valence-corrected chi connectivity index (χ4v) is 2.32. The van der Waals surface area contributed by atoms with E-state index in [0.717, 1.165) is 25.7 Å². The minimum absolute atomic E-state index is 0.0792. The minimum Gasteiger partial charge on any atom is -0.396 e. The first-order valence-corrected chi connectivity index (χ1v) is 6.31. The van der Waals surface area contributed by atoms with Gasteiger partial charge in [-0.15, -0.1) is 0 Å². The molecule has 0 radical (unpaired) electrons. The molecule has 2 fully saturated rings. The Labute approximate surface area is 101 Å². The van der Waals surface area contributed by atoms with Gasteiger partial charge in [0.15, 0.2) is 0 Å². The Balaban J connectivity index is 1.69. The van der Waals surface area contributed by atoms with E-state index in [2.05, 4.69) is 5.32 Å². The maximum absolute atomic E-state index is 11.7. The Bertz CT molecular complexity index is 313. The fraction of sp³-hybridized carbons (Fsp3) is 0.833. The third kappa shape index (κ3) is 3.19. The number of aliphatic hydroxyl groups is 1. The molecule has 1 aliphatic carbocycles. The molecule has 2 amide bonds. The van der Waals surface area contributed by atoms with Gasteiger partial charge in [0.25, 0.3) is 0 Å². The molecular weight excluding hydrogens is 220 g/mol. The van der Waals surface area contributed by atoms with Crippen molar-refractivity contribution in [3.05, 3.63) is 0 Å². The smallest absolute Gasteiger partial charge is 0.239 e. The van der Waals surface area contributed by atoms with E-state index < -0.39 is 0 Å². The summed E-state index contributed by atoms with van der Waals surface area (Å²) < 4.78 is 0. The molecule has 1 saturated carbocycles. The van der Waals surface area contributed by atoms with E-state index in [0.29, 0.717) is 19.5 Å². The van der Waals surface area contributed by atoms with Gasteiger partial charge in [-0.2, -0.15) is 0 Å². The van der Waals surface area contributed by atoms with Crippen LogP contribution in [0.1, 0.15) is 32.1 Å². The van der Waals surface area contributed by atoms with Gasteiger partial charge in [-0.1, -0.05) is 0 Å². The van der Waals surface area contributed by atoms with Crippen LogP contribution in [-0.2, 0) is 9.59 Å². The third-order valence-corrected chi connectivity index (χ3v) is 3.77. The number of nitrogens with zero attached hydrogens (tertiary/aromatic N) is 1. The average Bonchev–Trinajstić information content (AvgIpc) is 2.95. The number of nitrogens with one attached hydrogen (secondary N) is 1. The number of rotatable bonds is 6. The minimum atomic E-state index is -0.0792. The molecule has 0 aromatic heterocycles. The van der Waals surface area contributed by atoms with Crippen LogP contribution in [0.4, 0.5) is 0 Å². The molecule has 0 atom stereocenters. The Morgan fingerprint density at radius 3 is 2.76 bits per heavy atom. The normalized spacial score (nSPS) is 21.7. The van der Waals surface area contributed by atoms with Crippen LogP contribution in [0.3, 0.4) is 0 Å². The molecule has 0 unspecified atom stereocenters. The first kappa shape index (κ1) is 12.4. The second-order valence-corrected chi connectivity index (χ2v) is 5.17. The second-order valence-electron chi connectivity index (χ2n) is 5.17. The van der Waals surface area contributed by atoms with E-state index in [9.17, 15) is 9.59 Å². The molecule has 1 aliphatic heterocycles. The molecule has 1 heterocycles. The molecule has 0 bridgehead atoms. The van der Waals surface area contributed by atoms with Crippen LogP contribution >= 0.6 is 0 Å². The lowest BCUT2D eigenvalue weighted by molar-refractivity contribution is -0.133. The second kappa shape index (κ2) is 5.04. The number of carbonyl (C=O) groups excluding carboxylic acids is 2. The van der Waals surface area contributed by atoms with Gasteiger partial charge in [0.1, 0.15) is 0 Å². The Kier molecular flexibility index (Phi) is 3.66. The molecule has 5 heteroatoms. The van der Waals surface area contributed by atoms with Gasteiger partial charge in [-0.3, -0.25) is 9.59 Å². The van der Waals surface area contributed by atoms with Crippen LogP contribution in [0.15, 0.2) is 0 Å². The molecule has 0 aromatic carbocycles. The highest BCUT2D eigenvalue weighted by Gasteiger charge is 2.41. The lowest BCUT2D eigenvalue weighted by atomic mass is 10.0. The van der Waals surface area contributed by atoms with Crippen LogP contribution in [0, 0.1) is 5.41 Å². The first-order valence-electron chi connectivity index (χ1n) is 6.31. The van der Waals surface area contributed by atoms with E-state index in [1.807, 2.05) is 0 Å². The largest absolute Gasteiger partial charge is 0.396 e. The van der Waals surface area contributed by atoms with Crippen LogP contribution in [-0.4, -0.2) is 48.1 Å². The molecule has 2 aliphatic rings. The zero-order chi connectivity index (χ0) is 12.3. The summed E-state index contributed by atoms with van der Waals surface area (Å²) in [6.07, 6.45) is 4.35. The molecule has 17 heavy (non-hydrogen) atoms. The zero-order valence-corrected chi connectivity index (χ0v) is 10.1. The summed E-state index contributed by atoms with van der Waals surface area (Å²) in [5.41, 5.74) is 0.138. The summed E-state index contributed by atoms with van der Waals surface area (Å²) in [6.45, 7) is 1.71. The summed E-state index contributed by atoms with van der Waals surface area (Å²) in [4.78, 5) is 24.6. The number of carbonyl (C=O) groups is 2. The number of hydrogen-bond donors (Lipinski definition) is 2. The van der Waals surface area contributed by atoms with Crippen molar-refractivity contribution < 1.29 is 14.7 Å². The molecule has 5 nitrogen and oxygen atoms in total. The van der Waals surface area contributed by atoms with Crippen molar-refractivity contribution in [1.82, 2.24) is 10.2 Å². The van der Waals surface area contributed by atoms with Gasteiger partial charge in [-0.25, -0.2) is 0 Å². The number of hydrogen-bond acceptors (Lipinski definition) is 3. The predicted octanol–water partition coefficient (Wildman–Crippen LogP) is -0.112. The average molecular weight is 240 g/mol. The molecule has 2 rings (SSSR count). The molecule has 1 saturated heterocycles. The molecular formula is C12H20N2O3. The lowest BCUT2D eigenvalue weighted by Gasteiger charge is -2.18. The lowest BCUT2D eigenvalue weighted by Crippen LogP contribution is -2.40. The van der Waals surface area contributed by atoms with Crippen LogP contribution < -0.4 is 5.32 Å². The van der Waals surface area contributed by atoms with Crippen LogP contribution in [0.2, 0.25) is 0 Å². The van der Waals surface area contributed by atoms with Crippen molar-refractivity contribution in [1.29, 1.82) is 0 Å². The van der Waals surface area contributed by atoms with Gasteiger partial charge < -0.3 is 15.3 Å². The van der Waals surface area contributed by atoms with Crippen LogP contribution in [0.5, 0.6) is 0 Å².